The molecule has 0 aliphatic carbocycles. The van der Waals surface area contributed by atoms with Crippen molar-refractivity contribution in [3.05, 3.63) is 16.0 Å². The number of rotatable bonds is 5. The quantitative estimate of drug-likeness (QED) is 0.148. The molecular weight excluding hydrogens is 210 g/mol. The molecule has 0 fully saturated rings. The van der Waals surface area contributed by atoms with E-state index in [0.29, 0.717) is 0 Å². The number of aliphatic hydroxyl groups is 5. The molecule has 0 radical (unpaired) electrons. The lowest BCUT2D eigenvalue weighted by molar-refractivity contribution is -0.136. The van der Waals surface area contributed by atoms with Crippen molar-refractivity contribution in [1.29, 1.82) is 0 Å². The fraction of sp³-hybridized carbons (Fsp3) is 0.833. The topological polar surface area (TPSA) is 177 Å². The molecule has 0 saturated carbocycles. The third-order valence-electron chi connectivity index (χ3n) is 1.42. The summed E-state index contributed by atoms with van der Waals surface area (Å²) in [7, 11) is 0. The van der Waals surface area contributed by atoms with Crippen molar-refractivity contribution >= 4 is 6.29 Å². The zero-order valence-corrected chi connectivity index (χ0v) is 7.58. The van der Waals surface area contributed by atoms with Crippen LogP contribution in [0.5, 0.6) is 0 Å². The average molecular weight is 222 g/mol. The Morgan fingerprint density at radius 1 is 1.13 bits per heavy atom. The minimum atomic E-state index is -1.79. The van der Waals surface area contributed by atoms with Crippen LogP contribution in [-0.4, -0.2) is 62.8 Å². The molecule has 0 aromatic rings. The summed E-state index contributed by atoms with van der Waals surface area (Å²) in [6.45, 7) is -0.760. The Kier molecular flexibility index (Phi) is 10.1. The van der Waals surface area contributed by atoms with E-state index in [0.717, 1.165) is 0 Å². The highest BCUT2D eigenvalue weighted by molar-refractivity contribution is 5.56. The van der Waals surface area contributed by atoms with Crippen LogP contribution in [0.3, 0.4) is 0 Å². The summed E-state index contributed by atoms with van der Waals surface area (Å²) in [5.74, 6) is 0. The van der Waals surface area contributed by atoms with E-state index < -0.39 is 31.0 Å². The van der Waals surface area contributed by atoms with Gasteiger partial charge in [0.05, 0.1) is 6.61 Å². The second kappa shape index (κ2) is 9.34. The van der Waals surface area contributed by atoms with Gasteiger partial charge in [0.2, 0.25) is 0 Å². The minimum absolute atomic E-state index is 0.0258. The first-order chi connectivity index (χ1) is 6.95. The Hall–Kier alpha value is -1.22. The van der Waals surface area contributed by atoms with E-state index in [1.807, 2.05) is 0 Å². The van der Waals surface area contributed by atoms with Crippen LogP contribution >= 0.6 is 0 Å². The molecule has 0 heterocycles. The Balaban J connectivity index is 0. The number of carbonyl (C=O) groups is 1. The third-order valence-corrected chi connectivity index (χ3v) is 1.42. The van der Waals surface area contributed by atoms with Crippen LogP contribution in [0.15, 0.2) is 0 Å². The molecule has 4 atom stereocenters. The molecule has 0 aliphatic rings. The van der Waals surface area contributed by atoms with E-state index in [-0.39, 0.29) is 6.29 Å². The van der Waals surface area contributed by atoms with E-state index in [4.69, 9.17) is 36.6 Å². The number of aldehydes is 1. The maximum Gasteiger partial charge on any atom is 0.151 e. The fourth-order valence-corrected chi connectivity index (χ4v) is 0.618. The number of hydrogen-bond acceptors (Lipinski definition) is 6. The van der Waals surface area contributed by atoms with Gasteiger partial charge in [-0.15, -0.1) is 0 Å². The van der Waals surface area contributed by atoms with Crippen LogP contribution in [0.25, 0.3) is 16.0 Å². The van der Waals surface area contributed by atoms with E-state index in [9.17, 15) is 4.79 Å². The summed E-state index contributed by atoms with van der Waals surface area (Å²) in [6.07, 6.45) is -6.84. The van der Waals surface area contributed by atoms with Crippen LogP contribution < -0.4 is 0 Å². The summed E-state index contributed by atoms with van der Waals surface area (Å²) in [5, 5.41) is 43.5. The molecule has 0 spiro atoms. The van der Waals surface area contributed by atoms with Crippen molar-refractivity contribution in [2.24, 2.45) is 0 Å². The van der Waals surface area contributed by atoms with Gasteiger partial charge in [0.15, 0.2) is 6.29 Å². The van der Waals surface area contributed by atoms with Crippen molar-refractivity contribution in [2.45, 2.75) is 24.4 Å². The van der Waals surface area contributed by atoms with Gasteiger partial charge in [0.25, 0.3) is 0 Å². The van der Waals surface area contributed by atoms with Crippen LogP contribution in [0.1, 0.15) is 0 Å². The smallest absolute Gasteiger partial charge is 0.151 e. The molecule has 0 aromatic heterocycles. The Morgan fingerprint density at radius 2 is 1.53 bits per heavy atom. The lowest BCUT2D eigenvalue weighted by atomic mass is 10.0. The van der Waals surface area contributed by atoms with E-state index in [1.165, 1.54) is 4.91 Å². The first-order valence-corrected chi connectivity index (χ1v) is 3.73. The van der Waals surface area contributed by atoms with Gasteiger partial charge >= 0.3 is 0 Å². The molecule has 0 saturated heterocycles. The molecule has 0 bridgehead atoms. The fourth-order valence-electron chi connectivity index (χ4n) is 0.618. The predicted octanol–water partition coefficient (Wildman–Crippen LogP) is -2.51. The van der Waals surface area contributed by atoms with E-state index in [1.54, 1.807) is 0 Å². The zero-order chi connectivity index (χ0) is 12.4. The molecule has 0 unspecified atom stereocenters. The first-order valence-electron chi connectivity index (χ1n) is 3.73. The van der Waals surface area contributed by atoms with Gasteiger partial charge in [-0.05, 0) is 0 Å². The Morgan fingerprint density at radius 3 is 1.80 bits per heavy atom. The molecule has 0 amide bonds. The molecule has 0 rings (SSSR count). The van der Waals surface area contributed by atoms with Gasteiger partial charge in [0, 0.05) is 0 Å². The average Bonchev–Trinajstić information content (AvgIpc) is 2.25. The van der Waals surface area contributed by atoms with Gasteiger partial charge in [-0.3, -0.25) is 4.91 Å². The summed E-state index contributed by atoms with van der Waals surface area (Å²) >= 11 is 0. The number of nitrogens with zero attached hydrogens (tertiary/aromatic N) is 3. The van der Waals surface area contributed by atoms with Crippen LogP contribution in [0, 0.1) is 0 Å². The predicted molar refractivity (Wildman–Crippen MR) is 47.3 cm³/mol. The minimum Gasteiger partial charge on any atom is -0.394 e. The Bertz CT molecular complexity index is 207. The highest BCUT2D eigenvalue weighted by atomic mass is 16.4. The van der Waals surface area contributed by atoms with Gasteiger partial charge in [-0.25, -0.2) is 0 Å². The van der Waals surface area contributed by atoms with E-state index in [2.05, 4.69) is 0 Å². The van der Waals surface area contributed by atoms with Crippen molar-refractivity contribution in [3.63, 3.8) is 0 Å². The van der Waals surface area contributed by atoms with Gasteiger partial charge in [-0.1, -0.05) is 0 Å². The first kappa shape index (κ1) is 16.2. The molecule has 88 valence electrons. The van der Waals surface area contributed by atoms with Crippen LogP contribution in [-0.2, 0) is 4.79 Å². The maximum absolute atomic E-state index is 9.90. The second-order valence-electron chi connectivity index (χ2n) is 2.45. The number of carbonyl (C=O) groups excluding carboxylic acids is 1. The summed E-state index contributed by atoms with van der Waals surface area (Å²) < 4.78 is 0. The molecule has 9 heteroatoms. The highest BCUT2D eigenvalue weighted by Gasteiger charge is 2.29. The molecule has 9 nitrogen and oxygen atoms in total. The monoisotopic (exact) mass is 222 g/mol. The summed E-state index contributed by atoms with van der Waals surface area (Å²) in [5.41, 5.74) is 13.5. The van der Waals surface area contributed by atoms with Gasteiger partial charge < -0.3 is 41.4 Å². The summed E-state index contributed by atoms with van der Waals surface area (Å²) in [4.78, 5) is 11.4. The maximum atomic E-state index is 9.90. The molecule has 15 heavy (non-hydrogen) atoms. The van der Waals surface area contributed by atoms with E-state index >= 15 is 0 Å². The lowest BCUT2D eigenvalue weighted by Gasteiger charge is -2.22. The van der Waals surface area contributed by atoms with Crippen molar-refractivity contribution in [1.82, 2.24) is 0 Å². The standard InChI is InChI=1S/C6H12O6.N3/c7-1-3(9)5(11)6(12)4(10)2-8;1-3-2/h1,3-6,8-12H,2H2;/q;-1/t3-,4+,5+,6+;/m0./s1. The van der Waals surface area contributed by atoms with Crippen LogP contribution in [0.2, 0.25) is 0 Å². The number of aliphatic hydroxyl groups excluding tert-OH is 5. The van der Waals surface area contributed by atoms with Gasteiger partial charge in [-0.2, -0.15) is 0 Å². The lowest BCUT2D eigenvalue weighted by Crippen LogP contribution is -2.46. The highest BCUT2D eigenvalue weighted by Crippen LogP contribution is 2.02. The molecule has 0 aromatic carbocycles. The molecule has 0 aliphatic heterocycles. The number of hydrogen-bond donors (Lipinski definition) is 5. The van der Waals surface area contributed by atoms with Crippen molar-refractivity contribution in [3.8, 4) is 0 Å². The van der Waals surface area contributed by atoms with Crippen LogP contribution in [0.4, 0.5) is 0 Å². The molecular formula is C6H12N3O6-. The second-order valence-corrected chi connectivity index (χ2v) is 2.45. The SMILES string of the molecule is O=C[C@H](O)[C@@H](O)[C@H](O)[C@H](O)CO.[N-]=[N+]=[N-]. The largest absolute Gasteiger partial charge is 0.394 e. The zero-order valence-electron chi connectivity index (χ0n) is 7.58. The Labute approximate surface area is 84.6 Å². The summed E-state index contributed by atoms with van der Waals surface area (Å²) in [6, 6.07) is 0. The van der Waals surface area contributed by atoms with Crippen molar-refractivity contribution < 1.29 is 30.3 Å². The van der Waals surface area contributed by atoms with Gasteiger partial charge in [0.1, 0.15) is 24.4 Å². The molecule has 5 N–H and O–H groups in total. The third kappa shape index (κ3) is 6.80. The van der Waals surface area contributed by atoms with Crippen molar-refractivity contribution in [2.75, 3.05) is 6.61 Å². The normalized spacial score (nSPS) is 17.4.